The molecule has 0 aliphatic carbocycles. The number of rotatable bonds is 8. The quantitative estimate of drug-likeness (QED) is 0.683. The lowest BCUT2D eigenvalue weighted by molar-refractivity contribution is -0.121. The van der Waals surface area contributed by atoms with Gasteiger partial charge in [0.1, 0.15) is 10.8 Å². The van der Waals surface area contributed by atoms with Crippen LogP contribution in [0, 0.1) is 0 Å². The summed E-state index contributed by atoms with van der Waals surface area (Å²) in [5.41, 5.74) is 2.18. The molecule has 0 saturated heterocycles. The van der Waals surface area contributed by atoms with E-state index in [0.717, 1.165) is 11.3 Å². The Balaban J connectivity index is 1.71. The zero-order valence-electron chi connectivity index (χ0n) is 14.4. The van der Waals surface area contributed by atoms with E-state index in [1.807, 2.05) is 37.2 Å². The van der Waals surface area contributed by atoms with E-state index in [1.54, 1.807) is 18.2 Å². The molecule has 1 N–H and O–H groups in total. The first-order valence-electron chi connectivity index (χ1n) is 8.07. The van der Waals surface area contributed by atoms with E-state index in [-0.39, 0.29) is 5.91 Å². The van der Waals surface area contributed by atoms with Crippen molar-refractivity contribution in [2.24, 2.45) is 0 Å². The van der Waals surface area contributed by atoms with Crippen molar-refractivity contribution in [3.63, 3.8) is 0 Å². The molecule has 2 aromatic rings. The Bertz CT molecular complexity index is 720. The Kier molecular flexibility index (Phi) is 7.41. The second-order valence-corrected chi connectivity index (χ2v) is 6.63. The molecule has 1 amide bonds. The molecule has 0 aliphatic heterocycles. The number of ether oxygens (including phenoxy) is 1. The number of carbonyl (C=O) groups excluding carboxylic acids is 1. The van der Waals surface area contributed by atoms with Gasteiger partial charge >= 0.3 is 0 Å². The Morgan fingerprint density at radius 1 is 1.16 bits per heavy atom. The van der Waals surface area contributed by atoms with Crippen molar-refractivity contribution < 1.29 is 9.53 Å². The molecule has 2 rings (SSSR count). The molecule has 4 nitrogen and oxygen atoms in total. The molecule has 0 atom stereocenters. The molecule has 134 valence electrons. The number of nitrogens with one attached hydrogen (secondary N) is 1. The van der Waals surface area contributed by atoms with Gasteiger partial charge in [-0.1, -0.05) is 41.4 Å². The molecule has 0 aliphatic rings. The van der Waals surface area contributed by atoms with Gasteiger partial charge in [-0.3, -0.25) is 4.79 Å². The van der Waals surface area contributed by atoms with Crippen molar-refractivity contribution in [2.45, 2.75) is 19.4 Å². The monoisotopic (exact) mass is 380 g/mol. The molecule has 6 heteroatoms. The van der Waals surface area contributed by atoms with E-state index >= 15 is 0 Å². The maximum Gasteiger partial charge on any atom is 0.220 e. The second kappa shape index (κ2) is 9.54. The zero-order chi connectivity index (χ0) is 18.2. The van der Waals surface area contributed by atoms with Gasteiger partial charge in [-0.25, -0.2) is 0 Å². The fourth-order valence-corrected chi connectivity index (χ4v) is 2.59. The summed E-state index contributed by atoms with van der Waals surface area (Å²) in [4.78, 5) is 14.0. The number of amides is 1. The van der Waals surface area contributed by atoms with Gasteiger partial charge in [0.15, 0.2) is 0 Å². The number of anilines is 1. The fraction of sp³-hybridized carbons (Fsp3) is 0.316. The first-order chi connectivity index (χ1) is 12.0. The van der Waals surface area contributed by atoms with Crippen LogP contribution in [-0.4, -0.2) is 26.6 Å². The third-order valence-electron chi connectivity index (χ3n) is 3.64. The van der Waals surface area contributed by atoms with Crippen LogP contribution in [0.3, 0.4) is 0 Å². The van der Waals surface area contributed by atoms with E-state index in [4.69, 9.17) is 27.9 Å². The Hall–Kier alpha value is -1.91. The van der Waals surface area contributed by atoms with Crippen LogP contribution in [0.4, 0.5) is 5.69 Å². The van der Waals surface area contributed by atoms with Crippen molar-refractivity contribution in [3.05, 3.63) is 58.1 Å². The summed E-state index contributed by atoms with van der Waals surface area (Å²) in [7, 11) is 3.98. The average molecular weight is 381 g/mol. The summed E-state index contributed by atoms with van der Waals surface area (Å²) in [6.45, 7) is 0.922. The molecule has 0 heterocycles. The molecule has 0 fully saturated rings. The molecule has 2 aromatic carbocycles. The molecule has 0 radical (unpaired) electrons. The van der Waals surface area contributed by atoms with Gasteiger partial charge in [0.25, 0.3) is 0 Å². The van der Waals surface area contributed by atoms with Gasteiger partial charge in [0.2, 0.25) is 5.91 Å². The molecule has 0 saturated carbocycles. The maximum absolute atomic E-state index is 11.9. The van der Waals surface area contributed by atoms with Crippen LogP contribution in [0.5, 0.6) is 5.75 Å². The van der Waals surface area contributed by atoms with Gasteiger partial charge < -0.3 is 15.0 Å². The smallest absolute Gasteiger partial charge is 0.220 e. The van der Waals surface area contributed by atoms with Crippen LogP contribution in [0.2, 0.25) is 10.0 Å². The minimum Gasteiger partial charge on any atom is -0.492 e. The number of halogens is 2. The summed E-state index contributed by atoms with van der Waals surface area (Å²) < 4.78 is 5.57. The minimum absolute atomic E-state index is 0.00366. The summed E-state index contributed by atoms with van der Waals surface area (Å²) in [5.74, 6) is 0.533. The summed E-state index contributed by atoms with van der Waals surface area (Å²) >= 11 is 12.0. The lowest BCUT2D eigenvalue weighted by Crippen LogP contribution is -2.23. The molecule has 0 unspecified atom stereocenters. The minimum atomic E-state index is -0.00366. The van der Waals surface area contributed by atoms with E-state index in [1.165, 1.54) is 0 Å². The normalized spacial score (nSPS) is 10.4. The highest BCUT2D eigenvalue weighted by atomic mass is 35.5. The lowest BCUT2D eigenvalue weighted by atomic mass is 10.2. The topological polar surface area (TPSA) is 41.6 Å². The highest BCUT2D eigenvalue weighted by molar-refractivity contribution is 6.42. The SMILES string of the molecule is CN(C)c1cccc(CNC(=O)CCCOc2cccc(Cl)c2Cl)c1. The highest BCUT2D eigenvalue weighted by Gasteiger charge is 2.06. The van der Waals surface area contributed by atoms with Crippen LogP contribution in [-0.2, 0) is 11.3 Å². The van der Waals surface area contributed by atoms with Crippen LogP contribution < -0.4 is 15.0 Å². The standard InChI is InChI=1S/C19H22Cl2N2O2/c1-23(2)15-7-3-6-14(12-15)13-22-18(24)10-5-11-25-17-9-4-8-16(20)19(17)21/h3-4,6-9,12H,5,10-11,13H2,1-2H3,(H,22,24). The van der Waals surface area contributed by atoms with E-state index in [2.05, 4.69) is 11.4 Å². The highest BCUT2D eigenvalue weighted by Crippen LogP contribution is 2.31. The third-order valence-corrected chi connectivity index (χ3v) is 4.44. The van der Waals surface area contributed by atoms with Crippen LogP contribution >= 0.6 is 23.2 Å². The van der Waals surface area contributed by atoms with E-state index < -0.39 is 0 Å². The Labute approximate surface area is 158 Å². The average Bonchev–Trinajstić information content (AvgIpc) is 2.60. The number of nitrogens with zero attached hydrogens (tertiary/aromatic N) is 1. The number of hydrogen-bond donors (Lipinski definition) is 1. The van der Waals surface area contributed by atoms with Crippen molar-refractivity contribution >= 4 is 34.8 Å². The van der Waals surface area contributed by atoms with Gasteiger partial charge in [0.05, 0.1) is 11.6 Å². The van der Waals surface area contributed by atoms with Crippen LogP contribution in [0.15, 0.2) is 42.5 Å². The molecular weight excluding hydrogens is 359 g/mol. The summed E-state index contributed by atoms with van der Waals surface area (Å²) in [6, 6.07) is 13.3. The van der Waals surface area contributed by atoms with Crippen LogP contribution in [0.1, 0.15) is 18.4 Å². The third kappa shape index (κ3) is 6.15. The maximum atomic E-state index is 11.9. The van der Waals surface area contributed by atoms with Crippen molar-refractivity contribution in [3.8, 4) is 5.75 Å². The molecular formula is C19H22Cl2N2O2. The number of hydrogen-bond acceptors (Lipinski definition) is 3. The lowest BCUT2D eigenvalue weighted by Gasteiger charge is -2.14. The number of carbonyl (C=O) groups is 1. The Morgan fingerprint density at radius 2 is 1.92 bits per heavy atom. The van der Waals surface area contributed by atoms with E-state index in [0.29, 0.717) is 41.8 Å². The predicted molar refractivity (Wildman–Crippen MR) is 104 cm³/mol. The van der Waals surface area contributed by atoms with Gasteiger partial charge in [-0.2, -0.15) is 0 Å². The first-order valence-corrected chi connectivity index (χ1v) is 8.82. The van der Waals surface area contributed by atoms with Crippen LogP contribution in [0.25, 0.3) is 0 Å². The zero-order valence-corrected chi connectivity index (χ0v) is 15.9. The van der Waals surface area contributed by atoms with Crippen molar-refractivity contribution in [1.82, 2.24) is 5.32 Å². The fourth-order valence-electron chi connectivity index (χ4n) is 2.24. The van der Waals surface area contributed by atoms with Crippen molar-refractivity contribution in [2.75, 3.05) is 25.6 Å². The van der Waals surface area contributed by atoms with Crippen molar-refractivity contribution in [1.29, 1.82) is 0 Å². The van der Waals surface area contributed by atoms with Gasteiger partial charge in [0, 0.05) is 32.7 Å². The van der Waals surface area contributed by atoms with Gasteiger partial charge in [-0.15, -0.1) is 0 Å². The summed E-state index contributed by atoms with van der Waals surface area (Å²) in [6.07, 6.45) is 0.998. The molecule has 0 bridgehead atoms. The molecule has 0 aromatic heterocycles. The first kappa shape index (κ1) is 19.4. The largest absolute Gasteiger partial charge is 0.492 e. The van der Waals surface area contributed by atoms with E-state index in [9.17, 15) is 4.79 Å². The Morgan fingerprint density at radius 3 is 2.68 bits per heavy atom. The van der Waals surface area contributed by atoms with Gasteiger partial charge in [-0.05, 0) is 36.2 Å². The second-order valence-electron chi connectivity index (χ2n) is 5.85. The summed E-state index contributed by atoms with van der Waals surface area (Å²) in [5, 5.41) is 3.78. The molecule has 25 heavy (non-hydrogen) atoms. The number of benzene rings is 2. The molecule has 0 spiro atoms. The predicted octanol–water partition coefficient (Wildman–Crippen LogP) is 4.53.